The average molecular weight is 260 g/mol. The van der Waals surface area contributed by atoms with E-state index in [1.807, 2.05) is 6.07 Å². The van der Waals surface area contributed by atoms with E-state index in [4.69, 9.17) is 5.11 Å². The van der Waals surface area contributed by atoms with Gasteiger partial charge in [0.05, 0.1) is 19.2 Å². The smallest absolute Gasteiger partial charge is 0.255 e. The highest BCUT2D eigenvalue weighted by atomic mass is 19.3. The number of hydrogen-bond acceptors (Lipinski definition) is 3. The van der Waals surface area contributed by atoms with Gasteiger partial charge in [0.1, 0.15) is 5.41 Å². The number of nitriles is 1. The van der Waals surface area contributed by atoms with Crippen molar-refractivity contribution in [2.45, 2.75) is 38.5 Å². The van der Waals surface area contributed by atoms with Gasteiger partial charge in [-0.15, -0.1) is 0 Å². The zero-order chi connectivity index (χ0) is 13.6. The van der Waals surface area contributed by atoms with Crippen molar-refractivity contribution in [3.8, 4) is 6.07 Å². The Hall–Kier alpha value is -1.22. The molecule has 102 valence electrons. The van der Waals surface area contributed by atoms with E-state index >= 15 is 0 Å². The van der Waals surface area contributed by atoms with Crippen molar-refractivity contribution in [3.05, 3.63) is 0 Å². The monoisotopic (exact) mass is 260 g/mol. The summed E-state index contributed by atoms with van der Waals surface area (Å²) in [6.45, 7) is -1.24. The molecule has 0 atom stereocenters. The maximum absolute atomic E-state index is 12.4. The van der Waals surface area contributed by atoms with Crippen molar-refractivity contribution in [1.29, 1.82) is 5.26 Å². The molecular weight excluding hydrogens is 242 g/mol. The first-order valence-corrected chi connectivity index (χ1v) is 6.15. The summed E-state index contributed by atoms with van der Waals surface area (Å²) in [6, 6.07) is 2.01. The van der Waals surface area contributed by atoms with Crippen LogP contribution in [0.25, 0.3) is 0 Å². The van der Waals surface area contributed by atoms with Crippen LogP contribution in [0.15, 0.2) is 0 Å². The summed E-state index contributed by atoms with van der Waals surface area (Å²) in [5, 5.41) is 18.0. The van der Waals surface area contributed by atoms with Crippen molar-refractivity contribution in [1.82, 2.24) is 4.90 Å². The molecular formula is C12H18F2N2O2. The van der Waals surface area contributed by atoms with Gasteiger partial charge in [-0.05, 0) is 12.8 Å². The molecule has 1 rings (SSSR count). The van der Waals surface area contributed by atoms with Gasteiger partial charge >= 0.3 is 0 Å². The van der Waals surface area contributed by atoms with Gasteiger partial charge in [0.2, 0.25) is 5.91 Å². The Morgan fingerprint density at radius 3 is 2.44 bits per heavy atom. The Kier molecular flexibility index (Phi) is 5.48. The average Bonchev–Trinajstić information content (AvgIpc) is 2.37. The number of amides is 1. The van der Waals surface area contributed by atoms with Crippen molar-refractivity contribution >= 4 is 5.91 Å². The lowest BCUT2D eigenvalue weighted by molar-refractivity contribution is -0.143. The van der Waals surface area contributed by atoms with Crippen molar-refractivity contribution < 1.29 is 18.7 Å². The molecule has 0 radical (unpaired) electrons. The normalized spacial score (nSPS) is 18.4. The Balaban J connectivity index is 2.82. The summed E-state index contributed by atoms with van der Waals surface area (Å²) in [4.78, 5) is 13.2. The number of aliphatic hydroxyl groups is 1. The summed E-state index contributed by atoms with van der Waals surface area (Å²) in [7, 11) is 0. The van der Waals surface area contributed by atoms with Crippen LogP contribution in [0.4, 0.5) is 8.78 Å². The highest BCUT2D eigenvalue weighted by Crippen LogP contribution is 2.37. The van der Waals surface area contributed by atoms with Crippen molar-refractivity contribution in [2.24, 2.45) is 5.41 Å². The fourth-order valence-corrected chi connectivity index (χ4v) is 2.39. The predicted octanol–water partition coefficient (Wildman–Crippen LogP) is 1.55. The fraction of sp³-hybridized carbons (Fsp3) is 0.833. The number of hydrogen-bond donors (Lipinski definition) is 1. The number of carbonyl (C=O) groups excluding carboxylic acids is 1. The zero-order valence-electron chi connectivity index (χ0n) is 10.2. The molecule has 0 unspecified atom stereocenters. The van der Waals surface area contributed by atoms with Gasteiger partial charge in [0, 0.05) is 6.54 Å². The number of carbonyl (C=O) groups is 1. The van der Waals surface area contributed by atoms with Crippen LogP contribution in [-0.2, 0) is 4.79 Å². The minimum absolute atomic E-state index is 0.146. The highest BCUT2D eigenvalue weighted by Gasteiger charge is 2.42. The van der Waals surface area contributed by atoms with Gasteiger partial charge in [-0.3, -0.25) is 4.79 Å². The second-order valence-electron chi connectivity index (χ2n) is 4.62. The van der Waals surface area contributed by atoms with E-state index < -0.39 is 24.3 Å². The van der Waals surface area contributed by atoms with E-state index in [0.717, 1.165) is 24.2 Å². The molecule has 1 N–H and O–H groups in total. The lowest BCUT2D eigenvalue weighted by Crippen LogP contribution is -2.47. The first-order valence-electron chi connectivity index (χ1n) is 6.15. The van der Waals surface area contributed by atoms with E-state index in [9.17, 15) is 18.8 Å². The molecule has 1 amide bonds. The van der Waals surface area contributed by atoms with Crippen LogP contribution in [0, 0.1) is 16.7 Å². The van der Waals surface area contributed by atoms with Gasteiger partial charge in [0.15, 0.2) is 0 Å². The second kappa shape index (κ2) is 6.64. The van der Waals surface area contributed by atoms with Gasteiger partial charge in [-0.1, -0.05) is 19.3 Å². The summed E-state index contributed by atoms with van der Waals surface area (Å²) in [5.41, 5.74) is -1.16. The third-order valence-corrected chi connectivity index (χ3v) is 3.35. The molecule has 1 aliphatic rings. The molecule has 0 spiro atoms. The molecule has 0 saturated heterocycles. The molecule has 4 nitrogen and oxygen atoms in total. The van der Waals surface area contributed by atoms with E-state index in [0.29, 0.717) is 12.8 Å². The molecule has 0 aliphatic heterocycles. The Morgan fingerprint density at radius 1 is 1.39 bits per heavy atom. The molecule has 1 fully saturated rings. The van der Waals surface area contributed by atoms with Crippen LogP contribution < -0.4 is 0 Å². The molecule has 0 aromatic carbocycles. The van der Waals surface area contributed by atoms with E-state index in [1.165, 1.54) is 0 Å². The second-order valence-corrected chi connectivity index (χ2v) is 4.62. The Bertz CT molecular complexity index is 323. The van der Waals surface area contributed by atoms with Crippen LogP contribution >= 0.6 is 0 Å². The number of alkyl halides is 2. The van der Waals surface area contributed by atoms with Crippen LogP contribution in [-0.4, -0.2) is 42.0 Å². The minimum Gasteiger partial charge on any atom is -0.395 e. The van der Waals surface area contributed by atoms with Crippen LogP contribution in [0.3, 0.4) is 0 Å². The SMILES string of the molecule is N#CC1(C(=O)N(CCO)CC(F)F)CCCCC1. The standard InChI is InChI=1S/C12H18F2N2O2/c13-10(14)8-16(6-7-17)11(18)12(9-15)4-2-1-3-5-12/h10,17H,1-8H2. The fourth-order valence-electron chi connectivity index (χ4n) is 2.39. The van der Waals surface area contributed by atoms with Crippen LogP contribution in [0.1, 0.15) is 32.1 Å². The van der Waals surface area contributed by atoms with Crippen LogP contribution in [0.2, 0.25) is 0 Å². The molecule has 6 heteroatoms. The third kappa shape index (κ3) is 3.39. The van der Waals surface area contributed by atoms with E-state index in [-0.39, 0.29) is 13.2 Å². The van der Waals surface area contributed by atoms with Gasteiger partial charge < -0.3 is 10.0 Å². The van der Waals surface area contributed by atoms with Gasteiger partial charge in [-0.25, -0.2) is 8.78 Å². The third-order valence-electron chi connectivity index (χ3n) is 3.35. The first-order chi connectivity index (χ1) is 8.55. The minimum atomic E-state index is -2.65. The molecule has 0 bridgehead atoms. The molecule has 1 saturated carbocycles. The molecule has 1 aliphatic carbocycles. The lowest BCUT2D eigenvalue weighted by atomic mass is 9.74. The van der Waals surface area contributed by atoms with Crippen molar-refractivity contribution in [2.75, 3.05) is 19.7 Å². The molecule has 0 aromatic heterocycles. The molecule has 0 aromatic rings. The Morgan fingerprint density at radius 2 is 2.00 bits per heavy atom. The predicted molar refractivity (Wildman–Crippen MR) is 60.8 cm³/mol. The lowest BCUT2D eigenvalue weighted by Gasteiger charge is -2.34. The zero-order valence-corrected chi connectivity index (χ0v) is 10.2. The number of halogens is 2. The summed E-state index contributed by atoms with van der Waals surface area (Å²) >= 11 is 0. The largest absolute Gasteiger partial charge is 0.395 e. The topological polar surface area (TPSA) is 64.3 Å². The van der Waals surface area contributed by atoms with E-state index in [2.05, 4.69) is 0 Å². The summed E-state index contributed by atoms with van der Waals surface area (Å²) in [5.74, 6) is -0.556. The highest BCUT2D eigenvalue weighted by molar-refractivity contribution is 5.85. The summed E-state index contributed by atoms with van der Waals surface area (Å²) < 4.78 is 24.8. The number of nitrogens with zero attached hydrogens (tertiary/aromatic N) is 2. The van der Waals surface area contributed by atoms with Gasteiger partial charge in [-0.2, -0.15) is 5.26 Å². The van der Waals surface area contributed by atoms with E-state index in [1.54, 1.807) is 0 Å². The maximum atomic E-state index is 12.4. The Labute approximate surface area is 105 Å². The van der Waals surface area contributed by atoms with Crippen molar-refractivity contribution in [3.63, 3.8) is 0 Å². The van der Waals surface area contributed by atoms with Crippen LogP contribution in [0.5, 0.6) is 0 Å². The maximum Gasteiger partial charge on any atom is 0.255 e. The molecule has 0 heterocycles. The number of aliphatic hydroxyl groups excluding tert-OH is 1. The quantitative estimate of drug-likeness (QED) is 0.815. The van der Waals surface area contributed by atoms with Gasteiger partial charge in [0.25, 0.3) is 6.43 Å². The summed E-state index contributed by atoms with van der Waals surface area (Å²) in [6.07, 6.45) is 0.689. The number of rotatable bonds is 5. The first kappa shape index (κ1) is 14.8. The molecule has 18 heavy (non-hydrogen) atoms.